The van der Waals surface area contributed by atoms with Gasteiger partial charge in [-0.05, 0) is 19.1 Å². The van der Waals surface area contributed by atoms with Crippen LogP contribution in [0.2, 0.25) is 0 Å². The van der Waals surface area contributed by atoms with Crippen molar-refractivity contribution >= 4 is 28.3 Å². The molecule has 0 aliphatic rings. The zero-order chi connectivity index (χ0) is 15.7. The van der Waals surface area contributed by atoms with E-state index in [4.69, 9.17) is 0 Å². The number of benzene rings is 1. The van der Waals surface area contributed by atoms with Gasteiger partial charge in [-0.3, -0.25) is 13.9 Å². The van der Waals surface area contributed by atoms with Crippen molar-refractivity contribution in [1.82, 2.24) is 19.4 Å². The average Bonchev–Trinajstić information content (AvgIpc) is 3.03. The number of imidazole rings is 1. The molecule has 3 rings (SSSR count). The number of thiazole rings is 1. The number of aryl methyl sites for hydroxylation is 2. The number of carbonyl (C=O) groups excluding carboxylic acids is 1. The van der Waals surface area contributed by atoms with Crippen LogP contribution >= 0.6 is 11.3 Å². The van der Waals surface area contributed by atoms with E-state index in [0.29, 0.717) is 6.54 Å². The van der Waals surface area contributed by atoms with Crippen molar-refractivity contribution in [3.05, 3.63) is 50.8 Å². The molecule has 0 fully saturated rings. The maximum atomic E-state index is 12.2. The van der Waals surface area contributed by atoms with Gasteiger partial charge in [-0.1, -0.05) is 12.1 Å². The number of amides is 1. The number of aromatic nitrogens is 3. The smallest absolute Gasteiger partial charge is 0.329 e. The topological polar surface area (TPSA) is 68.9 Å². The second-order valence-corrected chi connectivity index (χ2v) is 6.36. The molecule has 0 spiro atoms. The number of rotatable bonds is 4. The second kappa shape index (κ2) is 5.76. The van der Waals surface area contributed by atoms with Crippen LogP contribution in [0.5, 0.6) is 0 Å². The lowest BCUT2D eigenvalue weighted by molar-refractivity contribution is -0.121. The molecule has 0 unspecified atom stereocenters. The van der Waals surface area contributed by atoms with E-state index >= 15 is 0 Å². The van der Waals surface area contributed by atoms with Crippen LogP contribution in [0.25, 0.3) is 11.0 Å². The van der Waals surface area contributed by atoms with E-state index < -0.39 is 0 Å². The molecule has 1 N–H and O–H groups in total. The van der Waals surface area contributed by atoms with Gasteiger partial charge in [0.15, 0.2) is 0 Å². The molecule has 6 nitrogen and oxygen atoms in total. The number of nitrogens with one attached hydrogen (secondary N) is 1. The molecule has 3 aromatic rings. The molecule has 0 aliphatic carbocycles. The van der Waals surface area contributed by atoms with E-state index in [-0.39, 0.29) is 18.1 Å². The van der Waals surface area contributed by atoms with Gasteiger partial charge in [0.25, 0.3) is 0 Å². The number of fused-ring (bicyclic) bond motifs is 1. The van der Waals surface area contributed by atoms with Crippen molar-refractivity contribution in [2.24, 2.45) is 7.05 Å². The largest absolute Gasteiger partial charge is 0.350 e. The van der Waals surface area contributed by atoms with Gasteiger partial charge in [-0.2, -0.15) is 0 Å². The first-order chi connectivity index (χ1) is 10.6. The third-order valence-corrected chi connectivity index (χ3v) is 4.40. The quantitative estimate of drug-likeness (QED) is 0.791. The van der Waals surface area contributed by atoms with Crippen LogP contribution in [-0.2, 0) is 24.9 Å². The monoisotopic (exact) mass is 316 g/mol. The molecule has 0 saturated heterocycles. The molecule has 0 saturated carbocycles. The van der Waals surface area contributed by atoms with Crippen molar-refractivity contribution in [2.75, 3.05) is 0 Å². The van der Waals surface area contributed by atoms with Crippen molar-refractivity contribution in [1.29, 1.82) is 0 Å². The molecule has 114 valence electrons. The molecule has 22 heavy (non-hydrogen) atoms. The summed E-state index contributed by atoms with van der Waals surface area (Å²) in [5.41, 5.74) is 1.39. The van der Waals surface area contributed by atoms with Crippen molar-refractivity contribution in [2.45, 2.75) is 20.0 Å². The highest BCUT2D eigenvalue weighted by atomic mass is 32.1. The molecule has 0 atom stereocenters. The summed E-state index contributed by atoms with van der Waals surface area (Å²) >= 11 is 1.55. The van der Waals surface area contributed by atoms with E-state index in [2.05, 4.69) is 10.3 Å². The van der Waals surface area contributed by atoms with E-state index in [1.807, 2.05) is 31.2 Å². The summed E-state index contributed by atoms with van der Waals surface area (Å²) in [6.45, 7) is 2.37. The molecule has 1 aromatic carbocycles. The fourth-order valence-corrected chi connectivity index (χ4v) is 3.12. The zero-order valence-corrected chi connectivity index (χ0v) is 13.2. The predicted octanol–water partition coefficient (Wildman–Crippen LogP) is 1.42. The Morgan fingerprint density at radius 2 is 2.05 bits per heavy atom. The van der Waals surface area contributed by atoms with Crippen LogP contribution in [0, 0.1) is 6.92 Å². The molecule has 2 aromatic heterocycles. The highest BCUT2D eigenvalue weighted by Gasteiger charge is 2.13. The molecule has 0 bridgehead atoms. The summed E-state index contributed by atoms with van der Waals surface area (Å²) in [5, 5.41) is 3.79. The summed E-state index contributed by atoms with van der Waals surface area (Å²) in [7, 11) is 1.71. The Morgan fingerprint density at radius 3 is 2.73 bits per heavy atom. The lowest BCUT2D eigenvalue weighted by atomic mass is 10.3. The number of carbonyl (C=O) groups is 1. The zero-order valence-electron chi connectivity index (χ0n) is 12.4. The van der Waals surface area contributed by atoms with E-state index in [9.17, 15) is 9.59 Å². The van der Waals surface area contributed by atoms with Gasteiger partial charge < -0.3 is 5.32 Å². The fraction of sp³-hybridized carbons (Fsp3) is 0.267. The Hall–Kier alpha value is -2.41. The first-order valence-corrected chi connectivity index (χ1v) is 7.70. The molecule has 0 aliphatic heterocycles. The SMILES string of the molecule is Cc1ncc(CNC(=O)Cn2c(=O)n(C)c3ccccc32)s1. The number of hydrogen-bond acceptors (Lipinski definition) is 4. The Morgan fingerprint density at radius 1 is 1.32 bits per heavy atom. The summed E-state index contributed by atoms with van der Waals surface area (Å²) in [6.07, 6.45) is 1.75. The van der Waals surface area contributed by atoms with Crippen LogP contribution in [-0.4, -0.2) is 20.0 Å². The predicted molar refractivity (Wildman–Crippen MR) is 85.9 cm³/mol. The van der Waals surface area contributed by atoms with Crippen LogP contribution < -0.4 is 11.0 Å². The Bertz CT molecular complexity index is 890. The van der Waals surface area contributed by atoms with Crippen LogP contribution in [0.4, 0.5) is 0 Å². The van der Waals surface area contributed by atoms with Gasteiger partial charge in [-0.15, -0.1) is 11.3 Å². The molecule has 1 amide bonds. The third kappa shape index (κ3) is 2.67. The highest BCUT2D eigenvalue weighted by Crippen LogP contribution is 2.12. The number of nitrogens with zero attached hydrogens (tertiary/aromatic N) is 3. The maximum Gasteiger partial charge on any atom is 0.329 e. The van der Waals surface area contributed by atoms with Crippen molar-refractivity contribution in [3.8, 4) is 0 Å². The van der Waals surface area contributed by atoms with E-state index in [1.54, 1.807) is 29.1 Å². The van der Waals surface area contributed by atoms with E-state index in [0.717, 1.165) is 20.9 Å². The Labute approximate surface area is 131 Å². The summed E-state index contributed by atoms with van der Waals surface area (Å²) < 4.78 is 3.04. The average molecular weight is 316 g/mol. The van der Waals surface area contributed by atoms with Gasteiger partial charge in [0.2, 0.25) is 5.91 Å². The first kappa shape index (κ1) is 14.5. The normalized spacial score (nSPS) is 11.0. The summed E-state index contributed by atoms with van der Waals surface area (Å²) in [4.78, 5) is 29.5. The molecular formula is C15H16N4O2S. The van der Waals surface area contributed by atoms with Crippen molar-refractivity contribution in [3.63, 3.8) is 0 Å². The fourth-order valence-electron chi connectivity index (χ4n) is 2.39. The number of para-hydroxylation sites is 2. The van der Waals surface area contributed by atoms with Crippen LogP contribution in [0.1, 0.15) is 9.88 Å². The highest BCUT2D eigenvalue weighted by molar-refractivity contribution is 7.11. The number of hydrogen-bond donors (Lipinski definition) is 1. The standard InChI is InChI=1S/C15H16N4O2S/c1-10-16-7-11(22-10)8-17-14(20)9-19-13-6-4-3-5-12(13)18(2)15(19)21/h3-7H,8-9H2,1-2H3,(H,17,20). The Kier molecular flexibility index (Phi) is 3.81. The molecular weight excluding hydrogens is 300 g/mol. The van der Waals surface area contributed by atoms with E-state index in [1.165, 1.54) is 4.57 Å². The minimum absolute atomic E-state index is 0.0119. The van der Waals surface area contributed by atoms with Crippen LogP contribution in [0.15, 0.2) is 35.3 Å². The first-order valence-electron chi connectivity index (χ1n) is 6.88. The summed E-state index contributed by atoms with van der Waals surface area (Å²) in [6, 6.07) is 7.44. The van der Waals surface area contributed by atoms with Gasteiger partial charge in [0.05, 0.1) is 22.6 Å². The van der Waals surface area contributed by atoms with Gasteiger partial charge in [0, 0.05) is 18.1 Å². The minimum atomic E-state index is -0.190. The molecule has 2 heterocycles. The minimum Gasteiger partial charge on any atom is -0.350 e. The van der Waals surface area contributed by atoms with Gasteiger partial charge in [0.1, 0.15) is 6.54 Å². The van der Waals surface area contributed by atoms with Crippen LogP contribution in [0.3, 0.4) is 0 Å². The molecule has 7 heteroatoms. The Balaban J connectivity index is 1.77. The van der Waals surface area contributed by atoms with Gasteiger partial charge >= 0.3 is 5.69 Å². The lowest BCUT2D eigenvalue weighted by Gasteiger charge is -2.04. The van der Waals surface area contributed by atoms with Gasteiger partial charge in [-0.25, -0.2) is 9.78 Å². The summed E-state index contributed by atoms with van der Waals surface area (Å²) in [5.74, 6) is -0.190. The third-order valence-electron chi connectivity index (χ3n) is 3.48. The maximum absolute atomic E-state index is 12.2. The second-order valence-electron chi connectivity index (χ2n) is 5.04. The lowest BCUT2D eigenvalue weighted by Crippen LogP contribution is -2.32. The molecule has 0 radical (unpaired) electrons. The van der Waals surface area contributed by atoms with Crippen molar-refractivity contribution < 1.29 is 4.79 Å².